The molecule has 0 aromatic rings. The van der Waals surface area contributed by atoms with Gasteiger partial charge in [0.15, 0.2) is 0 Å². The maximum Gasteiger partial charge on any atom is 0.305 e. The SMILES string of the molecule is CCCCCCCCCCCCC/C=C/C(O)C(CO)NC(=O)CCCCCCCCCCCCC/C=C\CCCCCCCCCCCCCCOC(=O)CCCCCCCCCCCCC. The molecule has 0 aliphatic carbocycles. The van der Waals surface area contributed by atoms with E-state index in [2.05, 4.69) is 31.3 Å². The number of ether oxygens (including phenoxy) is 1. The average molecular weight is 959 g/mol. The Morgan fingerprint density at radius 2 is 0.691 bits per heavy atom. The Kier molecular flexibility index (Phi) is 56.5. The molecule has 0 aliphatic rings. The summed E-state index contributed by atoms with van der Waals surface area (Å²) in [6, 6.07) is -0.627. The van der Waals surface area contributed by atoms with Gasteiger partial charge in [-0.1, -0.05) is 289 Å². The third-order valence-corrected chi connectivity index (χ3v) is 14.2. The molecule has 6 nitrogen and oxygen atoms in total. The van der Waals surface area contributed by atoms with Crippen molar-refractivity contribution < 1.29 is 24.5 Å². The van der Waals surface area contributed by atoms with E-state index in [1.807, 2.05) is 6.08 Å². The number of esters is 1. The Hall–Kier alpha value is -1.66. The molecule has 0 aromatic carbocycles. The standard InChI is InChI=1S/C62H119NO5/c1-3-5-7-9-11-13-15-31-35-38-42-46-50-54-60(65)59(58-64)63-61(66)55-51-47-43-39-36-32-29-27-25-23-21-19-17-16-18-20-22-24-26-28-30-33-37-41-45-49-53-57-68-62(67)56-52-48-44-40-34-14-12-10-8-6-4-2/h16-17,50,54,59-60,64-65H,3-15,18-49,51-53,55-58H2,1-2H3,(H,63,66)/b17-16-,54-50+. The Morgan fingerprint density at radius 1 is 0.397 bits per heavy atom. The third-order valence-electron chi connectivity index (χ3n) is 14.2. The minimum Gasteiger partial charge on any atom is -0.466 e. The zero-order valence-corrected chi connectivity index (χ0v) is 45.9. The molecule has 0 saturated heterocycles. The minimum atomic E-state index is -0.843. The molecule has 1 amide bonds. The van der Waals surface area contributed by atoms with Crippen LogP contribution in [-0.2, 0) is 14.3 Å². The van der Waals surface area contributed by atoms with E-state index in [0.717, 1.165) is 38.5 Å². The molecule has 0 aliphatic heterocycles. The first-order chi connectivity index (χ1) is 33.5. The molecule has 3 N–H and O–H groups in total. The van der Waals surface area contributed by atoms with Crippen LogP contribution < -0.4 is 5.32 Å². The van der Waals surface area contributed by atoms with Crippen LogP contribution in [0.2, 0.25) is 0 Å². The van der Waals surface area contributed by atoms with E-state index in [9.17, 15) is 19.8 Å². The Bertz CT molecular complexity index is 1060. The maximum absolute atomic E-state index is 12.4. The van der Waals surface area contributed by atoms with Crippen LogP contribution >= 0.6 is 0 Å². The van der Waals surface area contributed by atoms with Crippen LogP contribution in [-0.4, -0.2) is 47.4 Å². The van der Waals surface area contributed by atoms with Gasteiger partial charge in [0.1, 0.15) is 0 Å². The average Bonchev–Trinajstić information content (AvgIpc) is 3.34. The lowest BCUT2D eigenvalue weighted by atomic mass is 10.0. The Morgan fingerprint density at radius 3 is 1.04 bits per heavy atom. The summed E-state index contributed by atoms with van der Waals surface area (Å²) in [5.74, 6) is -0.0536. The van der Waals surface area contributed by atoms with E-state index < -0.39 is 12.1 Å². The van der Waals surface area contributed by atoms with Crippen LogP contribution in [0, 0.1) is 0 Å². The van der Waals surface area contributed by atoms with E-state index in [4.69, 9.17) is 4.74 Å². The van der Waals surface area contributed by atoms with E-state index in [1.165, 1.54) is 270 Å². The van der Waals surface area contributed by atoms with Crippen LogP contribution in [0.1, 0.15) is 335 Å². The molecule has 0 saturated carbocycles. The quantitative estimate of drug-likeness (QED) is 0.0321. The number of carbonyl (C=O) groups is 2. The van der Waals surface area contributed by atoms with Crippen molar-refractivity contribution in [1.82, 2.24) is 5.32 Å². The summed E-state index contributed by atoms with van der Waals surface area (Å²) in [7, 11) is 0. The van der Waals surface area contributed by atoms with Crippen molar-refractivity contribution >= 4 is 11.9 Å². The number of allylic oxidation sites excluding steroid dienone is 3. The highest BCUT2D eigenvalue weighted by atomic mass is 16.5. The third kappa shape index (κ3) is 53.7. The lowest BCUT2D eigenvalue weighted by Gasteiger charge is -2.20. The molecule has 0 heterocycles. The summed E-state index contributed by atoms with van der Waals surface area (Å²) in [4.78, 5) is 24.4. The van der Waals surface area contributed by atoms with Gasteiger partial charge in [0.2, 0.25) is 5.91 Å². The molecule has 0 bridgehead atoms. The number of hydrogen-bond acceptors (Lipinski definition) is 5. The van der Waals surface area contributed by atoms with Crippen molar-refractivity contribution in [3.8, 4) is 0 Å². The van der Waals surface area contributed by atoms with Gasteiger partial charge in [0.25, 0.3) is 0 Å². The molecule has 0 rings (SSSR count). The van der Waals surface area contributed by atoms with Gasteiger partial charge in [-0.15, -0.1) is 0 Å². The molecule has 68 heavy (non-hydrogen) atoms. The zero-order chi connectivity index (χ0) is 49.3. The number of carbonyl (C=O) groups excluding carboxylic acids is 2. The van der Waals surface area contributed by atoms with E-state index >= 15 is 0 Å². The second-order valence-electron chi connectivity index (χ2n) is 21.0. The number of unbranched alkanes of at least 4 members (excludes halogenated alkanes) is 44. The number of aliphatic hydroxyl groups is 2. The molecular formula is C62H119NO5. The largest absolute Gasteiger partial charge is 0.466 e. The van der Waals surface area contributed by atoms with Gasteiger partial charge in [-0.2, -0.15) is 0 Å². The lowest BCUT2D eigenvalue weighted by Crippen LogP contribution is -2.45. The topological polar surface area (TPSA) is 95.9 Å². The van der Waals surface area contributed by atoms with Crippen LogP contribution in [0.25, 0.3) is 0 Å². The first kappa shape index (κ1) is 66.3. The van der Waals surface area contributed by atoms with Crippen molar-refractivity contribution in [1.29, 1.82) is 0 Å². The summed E-state index contributed by atoms with van der Waals surface area (Å²) in [5, 5.41) is 23.1. The Labute approximate surface area is 424 Å². The minimum absolute atomic E-state index is 0.0145. The summed E-state index contributed by atoms with van der Waals surface area (Å²) in [6.07, 6.45) is 70.8. The van der Waals surface area contributed by atoms with Gasteiger partial charge in [-0.25, -0.2) is 0 Å². The van der Waals surface area contributed by atoms with Crippen molar-refractivity contribution in [3.63, 3.8) is 0 Å². The van der Waals surface area contributed by atoms with Crippen LogP contribution in [0.4, 0.5) is 0 Å². The van der Waals surface area contributed by atoms with Crippen LogP contribution in [0.15, 0.2) is 24.3 Å². The fourth-order valence-electron chi connectivity index (χ4n) is 9.51. The molecule has 2 unspecified atom stereocenters. The molecule has 0 radical (unpaired) electrons. The predicted octanol–water partition coefficient (Wildman–Crippen LogP) is 19.0. The number of nitrogens with one attached hydrogen (secondary N) is 1. The Balaban J connectivity index is 3.39. The van der Waals surface area contributed by atoms with Crippen molar-refractivity contribution in [2.24, 2.45) is 0 Å². The molecule has 402 valence electrons. The number of rotatable bonds is 57. The molecule has 6 heteroatoms. The summed E-state index contributed by atoms with van der Waals surface area (Å²) in [5.41, 5.74) is 0. The smallest absolute Gasteiger partial charge is 0.305 e. The molecule has 0 fully saturated rings. The second kappa shape index (κ2) is 57.9. The fraction of sp³-hybridized carbons (Fsp3) is 0.903. The van der Waals surface area contributed by atoms with Crippen LogP contribution in [0.5, 0.6) is 0 Å². The van der Waals surface area contributed by atoms with Crippen molar-refractivity contribution in [2.45, 2.75) is 347 Å². The number of hydrogen-bond donors (Lipinski definition) is 3. The first-order valence-corrected chi connectivity index (χ1v) is 30.6. The van der Waals surface area contributed by atoms with E-state index in [0.29, 0.717) is 19.4 Å². The van der Waals surface area contributed by atoms with Crippen LogP contribution in [0.3, 0.4) is 0 Å². The van der Waals surface area contributed by atoms with Crippen molar-refractivity contribution in [2.75, 3.05) is 13.2 Å². The van der Waals surface area contributed by atoms with Gasteiger partial charge in [-0.3, -0.25) is 9.59 Å². The number of amides is 1. The summed E-state index contributed by atoms with van der Waals surface area (Å²) >= 11 is 0. The predicted molar refractivity (Wildman–Crippen MR) is 296 cm³/mol. The van der Waals surface area contributed by atoms with Gasteiger partial charge in [0.05, 0.1) is 25.4 Å². The van der Waals surface area contributed by atoms with E-state index in [-0.39, 0.29) is 18.5 Å². The van der Waals surface area contributed by atoms with Crippen molar-refractivity contribution in [3.05, 3.63) is 24.3 Å². The summed E-state index contributed by atoms with van der Waals surface area (Å²) in [6.45, 7) is 4.91. The lowest BCUT2D eigenvalue weighted by molar-refractivity contribution is -0.143. The highest BCUT2D eigenvalue weighted by molar-refractivity contribution is 5.76. The fourth-order valence-corrected chi connectivity index (χ4v) is 9.51. The molecule has 0 spiro atoms. The normalized spacial score (nSPS) is 12.7. The van der Waals surface area contributed by atoms with Gasteiger partial charge < -0.3 is 20.3 Å². The zero-order valence-electron chi connectivity index (χ0n) is 45.9. The second-order valence-corrected chi connectivity index (χ2v) is 21.0. The highest BCUT2D eigenvalue weighted by Gasteiger charge is 2.18. The first-order valence-electron chi connectivity index (χ1n) is 30.6. The molecule has 0 aromatic heterocycles. The molecule has 2 atom stereocenters. The molecular weight excluding hydrogens is 839 g/mol. The number of aliphatic hydroxyl groups excluding tert-OH is 2. The maximum atomic E-state index is 12.4. The van der Waals surface area contributed by atoms with Gasteiger partial charge in [-0.05, 0) is 57.8 Å². The van der Waals surface area contributed by atoms with E-state index in [1.54, 1.807) is 6.08 Å². The van der Waals surface area contributed by atoms with Gasteiger partial charge >= 0.3 is 5.97 Å². The highest BCUT2D eigenvalue weighted by Crippen LogP contribution is 2.17. The van der Waals surface area contributed by atoms with Gasteiger partial charge in [0, 0.05) is 12.8 Å². The monoisotopic (exact) mass is 958 g/mol. The summed E-state index contributed by atoms with van der Waals surface area (Å²) < 4.78 is 5.47.